The van der Waals surface area contributed by atoms with Crippen molar-refractivity contribution in [3.05, 3.63) is 29.3 Å². The Labute approximate surface area is 102 Å². The zero-order valence-electron chi connectivity index (χ0n) is 10.9. The molecule has 0 radical (unpaired) electrons. The Morgan fingerprint density at radius 2 is 2.12 bits per heavy atom. The summed E-state index contributed by atoms with van der Waals surface area (Å²) in [6, 6.07) is 5.92. The molecule has 0 aliphatic heterocycles. The Balaban J connectivity index is 2.97. The van der Waals surface area contributed by atoms with Gasteiger partial charge in [0.15, 0.2) is 0 Å². The van der Waals surface area contributed by atoms with Crippen molar-refractivity contribution >= 4 is 5.91 Å². The van der Waals surface area contributed by atoms with Crippen LogP contribution in [0.5, 0.6) is 5.75 Å². The molecule has 0 heterocycles. The highest BCUT2D eigenvalue weighted by Crippen LogP contribution is 2.25. The summed E-state index contributed by atoms with van der Waals surface area (Å²) in [6.45, 7) is 4.24. The average Bonchev–Trinajstić information content (AvgIpc) is 2.28. The molecule has 94 valence electrons. The molecule has 0 unspecified atom stereocenters. The van der Waals surface area contributed by atoms with Gasteiger partial charge in [0, 0.05) is 12.6 Å². The predicted octanol–water partition coefficient (Wildman–Crippen LogP) is 1.69. The van der Waals surface area contributed by atoms with E-state index >= 15 is 0 Å². The molecular weight excluding hydrogens is 216 g/mol. The number of hydrogen-bond acceptors (Lipinski definition) is 3. The van der Waals surface area contributed by atoms with E-state index in [0.717, 1.165) is 16.3 Å². The van der Waals surface area contributed by atoms with E-state index < -0.39 is 0 Å². The molecular formula is C13H20N2O2. The van der Waals surface area contributed by atoms with Crippen molar-refractivity contribution in [3.8, 4) is 5.75 Å². The summed E-state index contributed by atoms with van der Waals surface area (Å²) in [5, 5.41) is 1.09. The van der Waals surface area contributed by atoms with Gasteiger partial charge in [-0.15, -0.1) is 0 Å². The van der Waals surface area contributed by atoms with Crippen molar-refractivity contribution in [2.75, 3.05) is 14.2 Å². The number of rotatable bonds is 4. The monoisotopic (exact) mass is 236 g/mol. The van der Waals surface area contributed by atoms with Crippen molar-refractivity contribution in [1.82, 2.24) is 5.01 Å². The first-order chi connectivity index (χ1) is 7.95. The Bertz CT molecular complexity index is 400. The molecule has 0 saturated carbocycles. The largest absolute Gasteiger partial charge is 0.496 e. The van der Waals surface area contributed by atoms with Crippen LogP contribution in [0.25, 0.3) is 0 Å². The van der Waals surface area contributed by atoms with Crippen LogP contribution in [0.15, 0.2) is 18.2 Å². The molecule has 0 aliphatic carbocycles. The molecule has 0 saturated heterocycles. The van der Waals surface area contributed by atoms with Crippen LogP contribution >= 0.6 is 0 Å². The molecule has 2 N–H and O–H groups in total. The van der Waals surface area contributed by atoms with Crippen LogP contribution in [-0.4, -0.2) is 25.1 Å². The molecule has 17 heavy (non-hydrogen) atoms. The van der Waals surface area contributed by atoms with E-state index in [1.165, 1.54) is 12.6 Å². The molecule has 0 fully saturated rings. The van der Waals surface area contributed by atoms with E-state index in [1.54, 1.807) is 7.11 Å². The van der Waals surface area contributed by atoms with E-state index in [9.17, 15) is 4.79 Å². The number of carbonyl (C=O) groups excluding carboxylic acids is 1. The number of nitrogens with zero attached hydrogens (tertiary/aromatic N) is 1. The van der Waals surface area contributed by atoms with E-state index in [2.05, 4.69) is 13.8 Å². The fourth-order valence-electron chi connectivity index (χ4n) is 1.55. The second-order valence-corrected chi connectivity index (χ2v) is 4.41. The highest BCUT2D eigenvalue weighted by atomic mass is 16.5. The minimum Gasteiger partial charge on any atom is -0.496 e. The summed E-state index contributed by atoms with van der Waals surface area (Å²) in [6.07, 6.45) is 0.258. The quantitative estimate of drug-likeness (QED) is 0.492. The van der Waals surface area contributed by atoms with Gasteiger partial charge in [-0.2, -0.15) is 0 Å². The Kier molecular flexibility index (Phi) is 4.52. The predicted molar refractivity (Wildman–Crippen MR) is 67.7 cm³/mol. The lowest BCUT2D eigenvalue weighted by atomic mass is 9.99. The van der Waals surface area contributed by atoms with E-state index in [0.29, 0.717) is 5.92 Å². The van der Waals surface area contributed by atoms with Crippen molar-refractivity contribution in [1.29, 1.82) is 0 Å². The van der Waals surface area contributed by atoms with Gasteiger partial charge in [-0.05, 0) is 17.5 Å². The number of amides is 1. The topological polar surface area (TPSA) is 55.6 Å². The van der Waals surface area contributed by atoms with Crippen molar-refractivity contribution in [2.24, 2.45) is 5.84 Å². The third kappa shape index (κ3) is 3.46. The van der Waals surface area contributed by atoms with Crippen LogP contribution in [0.3, 0.4) is 0 Å². The van der Waals surface area contributed by atoms with Gasteiger partial charge in [0.05, 0.1) is 13.5 Å². The molecule has 0 aliphatic rings. The highest BCUT2D eigenvalue weighted by Gasteiger charge is 2.12. The van der Waals surface area contributed by atoms with Gasteiger partial charge in [0.25, 0.3) is 0 Å². The maximum absolute atomic E-state index is 11.5. The number of hydrazine groups is 1. The van der Waals surface area contributed by atoms with Crippen molar-refractivity contribution in [3.63, 3.8) is 0 Å². The number of carbonyl (C=O) groups is 1. The van der Waals surface area contributed by atoms with Gasteiger partial charge in [0.2, 0.25) is 5.91 Å². The van der Waals surface area contributed by atoms with Gasteiger partial charge in [-0.25, -0.2) is 5.84 Å². The molecule has 1 aromatic carbocycles. The Morgan fingerprint density at radius 3 is 2.59 bits per heavy atom. The Hall–Kier alpha value is -1.55. The maximum atomic E-state index is 11.5. The minimum atomic E-state index is -0.138. The summed E-state index contributed by atoms with van der Waals surface area (Å²) in [4.78, 5) is 11.5. The minimum absolute atomic E-state index is 0.138. The van der Waals surface area contributed by atoms with Crippen LogP contribution in [-0.2, 0) is 11.2 Å². The SMILES string of the molecule is COc1cc(C(C)C)ccc1CC(=O)N(C)N. The molecule has 1 aromatic rings. The molecule has 0 aromatic heterocycles. The summed E-state index contributed by atoms with van der Waals surface area (Å²) < 4.78 is 5.31. The van der Waals surface area contributed by atoms with Crippen molar-refractivity contribution in [2.45, 2.75) is 26.2 Å². The fraction of sp³-hybridized carbons (Fsp3) is 0.462. The van der Waals surface area contributed by atoms with E-state index in [4.69, 9.17) is 10.6 Å². The van der Waals surface area contributed by atoms with Crippen LogP contribution in [0.1, 0.15) is 30.9 Å². The maximum Gasteiger partial charge on any atom is 0.240 e. The summed E-state index contributed by atoms with van der Waals surface area (Å²) in [5.74, 6) is 6.44. The first-order valence-electron chi connectivity index (χ1n) is 5.63. The van der Waals surface area contributed by atoms with Crippen LogP contribution in [0.2, 0.25) is 0 Å². The second-order valence-electron chi connectivity index (χ2n) is 4.41. The fourth-order valence-corrected chi connectivity index (χ4v) is 1.55. The highest BCUT2D eigenvalue weighted by molar-refractivity contribution is 5.78. The lowest BCUT2D eigenvalue weighted by Crippen LogP contribution is -2.34. The van der Waals surface area contributed by atoms with Gasteiger partial charge >= 0.3 is 0 Å². The summed E-state index contributed by atoms with van der Waals surface area (Å²) in [5.41, 5.74) is 2.05. The molecule has 1 rings (SSSR count). The van der Waals surface area contributed by atoms with Crippen LogP contribution < -0.4 is 10.6 Å². The van der Waals surface area contributed by atoms with Gasteiger partial charge in [0.1, 0.15) is 5.75 Å². The lowest BCUT2D eigenvalue weighted by Gasteiger charge is -2.14. The first-order valence-corrected chi connectivity index (χ1v) is 5.63. The molecule has 0 bridgehead atoms. The Morgan fingerprint density at radius 1 is 1.47 bits per heavy atom. The van der Waals surface area contributed by atoms with Crippen LogP contribution in [0.4, 0.5) is 0 Å². The number of benzene rings is 1. The molecule has 0 spiro atoms. The molecule has 0 atom stereocenters. The smallest absolute Gasteiger partial charge is 0.240 e. The normalized spacial score (nSPS) is 10.5. The standard InChI is InChI=1S/C13H20N2O2/c1-9(2)10-5-6-11(12(7-10)17-4)8-13(16)15(3)14/h5-7,9H,8,14H2,1-4H3. The number of methoxy groups -OCH3 is 1. The van der Waals surface area contributed by atoms with Gasteiger partial charge in [-0.1, -0.05) is 26.0 Å². The van der Waals surface area contributed by atoms with E-state index in [1.807, 2.05) is 18.2 Å². The second kappa shape index (κ2) is 5.68. The van der Waals surface area contributed by atoms with E-state index in [-0.39, 0.29) is 12.3 Å². The van der Waals surface area contributed by atoms with Gasteiger partial charge in [-0.3, -0.25) is 9.80 Å². The molecule has 1 amide bonds. The third-order valence-corrected chi connectivity index (χ3v) is 2.71. The summed E-state index contributed by atoms with van der Waals surface area (Å²) in [7, 11) is 3.15. The third-order valence-electron chi connectivity index (χ3n) is 2.71. The van der Waals surface area contributed by atoms with Crippen LogP contribution in [0, 0.1) is 0 Å². The van der Waals surface area contributed by atoms with Gasteiger partial charge < -0.3 is 4.74 Å². The number of likely N-dealkylation sites (N-methyl/N-ethyl adjacent to an activating group) is 1. The summed E-state index contributed by atoms with van der Waals surface area (Å²) >= 11 is 0. The first kappa shape index (κ1) is 13.5. The van der Waals surface area contributed by atoms with Crippen molar-refractivity contribution < 1.29 is 9.53 Å². The molecule has 4 heteroatoms. The number of ether oxygens (including phenoxy) is 1. The number of nitrogens with two attached hydrogens (primary N) is 1. The zero-order chi connectivity index (χ0) is 13.0. The lowest BCUT2D eigenvalue weighted by molar-refractivity contribution is -0.129. The average molecular weight is 236 g/mol. The molecule has 4 nitrogen and oxygen atoms in total. The number of hydrogen-bond donors (Lipinski definition) is 1. The zero-order valence-corrected chi connectivity index (χ0v) is 10.9.